The molecule has 0 bridgehead atoms. The Morgan fingerprint density at radius 3 is 2.27 bits per heavy atom. The zero-order valence-electron chi connectivity index (χ0n) is 9.23. The van der Waals surface area contributed by atoms with Crippen LogP contribution in [0, 0.1) is 6.92 Å². The van der Waals surface area contributed by atoms with Gasteiger partial charge >= 0.3 is 6.03 Å². The van der Waals surface area contributed by atoms with Gasteiger partial charge in [0, 0.05) is 11.7 Å². The number of carbonyl (C=O) groups excluding carboxylic acids is 1. The zero-order chi connectivity index (χ0) is 11.4. The Balaban J connectivity index is 2.97. The molecule has 1 rings (SSSR count). The Kier molecular flexibility index (Phi) is 3.72. The van der Waals surface area contributed by atoms with Crippen molar-refractivity contribution in [2.75, 3.05) is 4.90 Å². The fraction of sp³-hybridized carbons (Fsp3) is 0.333. The summed E-state index contributed by atoms with van der Waals surface area (Å²) in [6.45, 7) is 7.66. The molecule has 0 fully saturated rings. The van der Waals surface area contributed by atoms with Crippen LogP contribution in [0.2, 0.25) is 0 Å². The van der Waals surface area contributed by atoms with Crippen molar-refractivity contribution < 1.29 is 4.79 Å². The molecule has 2 N–H and O–H groups in total. The van der Waals surface area contributed by atoms with Crippen LogP contribution in [-0.2, 0) is 6.42 Å². The van der Waals surface area contributed by atoms with E-state index in [2.05, 4.69) is 6.92 Å². The minimum absolute atomic E-state index is 0.0631. The van der Waals surface area contributed by atoms with E-state index in [1.54, 1.807) is 4.90 Å². The van der Waals surface area contributed by atoms with Crippen LogP contribution < -0.4 is 10.6 Å². The first-order valence-electron chi connectivity index (χ1n) is 5.03. The van der Waals surface area contributed by atoms with Crippen LogP contribution in [0.15, 0.2) is 24.3 Å². The molecular formula is C12H17N2O. The van der Waals surface area contributed by atoms with Crippen LogP contribution in [0.5, 0.6) is 0 Å². The van der Waals surface area contributed by atoms with Crippen molar-refractivity contribution in [3.05, 3.63) is 36.8 Å². The first-order chi connectivity index (χ1) is 7.06. The molecule has 3 heteroatoms. The van der Waals surface area contributed by atoms with Gasteiger partial charge in [0.05, 0.1) is 0 Å². The summed E-state index contributed by atoms with van der Waals surface area (Å²) in [5.41, 5.74) is 7.29. The van der Waals surface area contributed by atoms with Gasteiger partial charge in [-0.25, -0.2) is 4.79 Å². The van der Waals surface area contributed by atoms with Gasteiger partial charge < -0.3 is 5.73 Å². The molecule has 1 aromatic carbocycles. The fourth-order valence-corrected chi connectivity index (χ4v) is 1.50. The van der Waals surface area contributed by atoms with Crippen molar-refractivity contribution in [3.8, 4) is 0 Å². The molecule has 0 saturated carbocycles. The molecule has 1 radical (unpaired) electrons. The molecule has 0 unspecified atom stereocenters. The number of urea groups is 1. The Bertz CT molecular complexity index is 330. The lowest BCUT2D eigenvalue weighted by Crippen LogP contribution is -2.40. The number of anilines is 1. The maximum absolute atomic E-state index is 11.2. The number of hydrogen-bond acceptors (Lipinski definition) is 1. The molecule has 0 aliphatic carbocycles. The van der Waals surface area contributed by atoms with Crippen LogP contribution >= 0.6 is 0 Å². The quantitative estimate of drug-likeness (QED) is 0.809. The number of hydrogen-bond donors (Lipinski definition) is 1. The van der Waals surface area contributed by atoms with Gasteiger partial charge in [0.15, 0.2) is 0 Å². The highest BCUT2D eigenvalue weighted by atomic mass is 16.2. The topological polar surface area (TPSA) is 46.3 Å². The van der Waals surface area contributed by atoms with Gasteiger partial charge in [-0.2, -0.15) is 0 Å². The van der Waals surface area contributed by atoms with Crippen LogP contribution in [0.1, 0.15) is 19.4 Å². The summed E-state index contributed by atoms with van der Waals surface area (Å²) in [5, 5.41) is 0. The molecule has 0 heterocycles. The fourth-order valence-electron chi connectivity index (χ4n) is 1.50. The van der Waals surface area contributed by atoms with Crippen molar-refractivity contribution in [2.45, 2.75) is 26.3 Å². The van der Waals surface area contributed by atoms with E-state index in [1.807, 2.05) is 38.1 Å². The van der Waals surface area contributed by atoms with Crippen molar-refractivity contribution in [1.82, 2.24) is 0 Å². The lowest BCUT2D eigenvalue weighted by atomic mass is 10.1. The predicted molar refractivity (Wildman–Crippen MR) is 62.7 cm³/mol. The lowest BCUT2D eigenvalue weighted by Gasteiger charge is -2.24. The standard InChI is InChI=1S/C12H17N2O/c1-4-10-5-7-11(8-6-10)14(9(2)3)12(13)15/h5-9H,1,4H2,2-3H3,(H2,13,15). The van der Waals surface area contributed by atoms with Gasteiger partial charge in [0.2, 0.25) is 0 Å². The van der Waals surface area contributed by atoms with E-state index in [-0.39, 0.29) is 6.04 Å². The first-order valence-corrected chi connectivity index (χ1v) is 5.03. The SMILES string of the molecule is [CH2]Cc1ccc(N(C(N)=O)C(C)C)cc1. The van der Waals surface area contributed by atoms with Crippen molar-refractivity contribution >= 4 is 11.7 Å². The minimum atomic E-state index is -0.424. The van der Waals surface area contributed by atoms with Gasteiger partial charge in [-0.05, 0) is 44.9 Å². The number of amides is 2. The van der Waals surface area contributed by atoms with E-state index in [9.17, 15) is 4.79 Å². The van der Waals surface area contributed by atoms with E-state index < -0.39 is 6.03 Å². The van der Waals surface area contributed by atoms with E-state index in [1.165, 1.54) is 0 Å². The second-order valence-electron chi connectivity index (χ2n) is 3.72. The van der Waals surface area contributed by atoms with Crippen LogP contribution in [-0.4, -0.2) is 12.1 Å². The van der Waals surface area contributed by atoms with Gasteiger partial charge in [0.25, 0.3) is 0 Å². The second-order valence-corrected chi connectivity index (χ2v) is 3.72. The maximum Gasteiger partial charge on any atom is 0.319 e. The summed E-state index contributed by atoms with van der Waals surface area (Å²) < 4.78 is 0. The normalized spacial score (nSPS) is 10.4. The summed E-state index contributed by atoms with van der Waals surface area (Å²) in [6.07, 6.45) is 0.749. The van der Waals surface area contributed by atoms with Crippen molar-refractivity contribution in [2.24, 2.45) is 5.73 Å². The van der Waals surface area contributed by atoms with Gasteiger partial charge in [-0.3, -0.25) is 4.90 Å². The molecule has 0 aliphatic heterocycles. The monoisotopic (exact) mass is 205 g/mol. The molecule has 0 aromatic heterocycles. The Morgan fingerprint density at radius 2 is 1.93 bits per heavy atom. The maximum atomic E-state index is 11.2. The number of nitrogens with zero attached hydrogens (tertiary/aromatic N) is 1. The summed E-state index contributed by atoms with van der Waals surface area (Å²) in [4.78, 5) is 12.8. The molecule has 0 saturated heterocycles. The molecule has 0 aliphatic rings. The lowest BCUT2D eigenvalue weighted by molar-refractivity contribution is 0.252. The smallest absolute Gasteiger partial charge is 0.319 e. The third kappa shape index (κ3) is 2.72. The molecule has 3 nitrogen and oxygen atoms in total. The highest BCUT2D eigenvalue weighted by molar-refractivity contribution is 5.91. The third-order valence-corrected chi connectivity index (χ3v) is 2.26. The summed E-state index contributed by atoms with van der Waals surface area (Å²) >= 11 is 0. The van der Waals surface area contributed by atoms with Gasteiger partial charge in [-0.15, -0.1) is 0 Å². The third-order valence-electron chi connectivity index (χ3n) is 2.26. The molecule has 2 amide bonds. The Labute approximate surface area is 90.9 Å². The van der Waals surface area contributed by atoms with Crippen molar-refractivity contribution in [1.29, 1.82) is 0 Å². The van der Waals surface area contributed by atoms with E-state index in [0.717, 1.165) is 17.7 Å². The van der Waals surface area contributed by atoms with Gasteiger partial charge in [0.1, 0.15) is 0 Å². The number of primary amides is 1. The second kappa shape index (κ2) is 4.82. The van der Waals surface area contributed by atoms with E-state index in [0.29, 0.717) is 0 Å². The molecule has 0 atom stereocenters. The van der Waals surface area contributed by atoms with Crippen LogP contribution in [0.3, 0.4) is 0 Å². The Morgan fingerprint density at radius 1 is 1.40 bits per heavy atom. The number of benzene rings is 1. The predicted octanol–water partition coefficient (Wildman–Crippen LogP) is 2.36. The average Bonchev–Trinajstić information content (AvgIpc) is 2.18. The highest BCUT2D eigenvalue weighted by Crippen LogP contribution is 2.17. The number of rotatable bonds is 3. The average molecular weight is 205 g/mol. The first kappa shape index (κ1) is 11.6. The molecular weight excluding hydrogens is 188 g/mol. The molecule has 0 spiro atoms. The zero-order valence-corrected chi connectivity index (χ0v) is 9.23. The van der Waals surface area contributed by atoms with E-state index >= 15 is 0 Å². The van der Waals surface area contributed by atoms with Crippen molar-refractivity contribution in [3.63, 3.8) is 0 Å². The van der Waals surface area contributed by atoms with Crippen LogP contribution in [0.25, 0.3) is 0 Å². The van der Waals surface area contributed by atoms with Gasteiger partial charge in [-0.1, -0.05) is 12.1 Å². The molecule has 81 valence electrons. The summed E-state index contributed by atoms with van der Waals surface area (Å²) in [7, 11) is 0. The highest BCUT2D eigenvalue weighted by Gasteiger charge is 2.15. The van der Waals surface area contributed by atoms with E-state index in [4.69, 9.17) is 5.73 Å². The summed E-state index contributed by atoms with van der Waals surface area (Å²) in [5.74, 6) is 0. The van der Waals surface area contributed by atoms with Crippen LogP contribution in [0.4, 0.5) is 10.5 Å². The largest absolute Gasteiger partial charge is 0.351 e. The summed E-state index contributed by atoms with van der Waals surface area (Å²) in [6, 6.07) is 7.35. The number of carbonyl (C=O) groups is 1. The molecule has 15 heavy (non-hydrogen) atoms. The Hall–Kier alpha value is -1.51. The number of nitrogens with two attached hydrogens (primary N) is 1. The molecule has 1 aromatic rings. The minimum Gasteiger partial charge on any atom is -0.351 e.